The molecule has 1 saturated carbocycles. The Morgan fingerprint density at radius 2 is 2.00 bits per heavy atom. The summed E-state index contributed by atoms with van der Waals surface area (Å²) in [5.74, 6) is 1.29. The summed E-state index contributed by atoms with van der Waals surface area (Å²) in [5, 5.41) is 0. The molecule has 2 aliphatic carbocycles. The number of rotatable bonds is 6. The Hall–Kier alpha value is -1.70. The van der Waals surface area contributed by atoms with Gasteiger partial charge in [0.15, 0.2) is 0 Å². The highest BCUT2D eigenvalue weighted by atomic mass is 16.1. The molecule has 2 unspecified atom stereocenters. The Labute approximate surface area is 133 Å². The van der Waals surface area contributed by atoms with Crippen LogP contribution in [0.2, 0.25) is 0 Å². The molecule has 2 atom stereocenters. The fourth-order valence-corrected chi connectivity index (χ4v) is 3.80. The van der Waals surface area contributed by atoms with Gasteiger partial charge in [-0.3, -0.25) is 9.78 Å². The molecule has 0 amide bonds. The molecule has 22 heavy (non-hydrogen) atoms. The summed E-state index contributed by atoms with van der Waals surface area (Å²) in [6, 6.07) is 4.18. The van der Waals surface area contributed by atoms with Crippen molar-refractivity contribution in [3.05, 3.63) is 47.8 Å². The van der Waals surface area contributed by atoms with Crippen molar-refractivity contribution in [2.75, 3.05) is 0 Å². The number of fused-ring (bicyclic) bond motifs is 1. The SMILES string of the molecule is CCCCCC(=O)C1CCC2C(=CC=C2c2ccncc2)C1. The monoisotopic (exact) mass is 295 g/mol. The molecule has 2 aliphatic rings. The van der Waals surface area contributed by atoms with E-state index in [1.54, 1.807) is 0 Å². The quantitative estimate of drug-likeness (QED) is 0.693. The Morgan fingerprint density at radius 3 is 2.77 bits per heavy atom. The molecular weight excluding hydrogens is 270 g/mol. The highest BCUT2D eigenvalue weighted by Gasteiger charge is 2.33. The van der Waals surface area contributed by atoms with Crippen molar-refractivity contribution in [1.82, 2.24) is 4.98 Å². The van der Waals surface area contributed by atoms with E-state index < -0.39 is 0 Å². The van der Waals surface area contributed by atoms with E-state index in [4.69, 9.17) is 0 Å². The Kier molecular flexibility index (Phi) is 4.87. The van der Waals surface area contributed by atoms with E-state index in [0.717, 1.165) is 32.1 Å². The predicted octanol–water partition coefficient (Wildman–Crippen LogP) is 4.97. The largest absolute Gasteiger partial charge is 0.299 e. The lowest BCUT2D eigenvalue weighted by Gasteiger charge is -2.29. The maximum absolute atomic E-state index is 12.4. The first-order valence-electron chi connectivity index (χ1n) is 8.63. The zero-order valence-corrected chi connectivity index (χ0v) is 13.4. The second kappa shape index (κ2) is 7.04. The first kappa shape index (κ1) is 15.2. The van der Waals surface area contributed by atoms with E-state index in [1.807, 2.05) is 12.4 Å². The van der Waals surface area contributed by atoms with E-state index in [-0.39, 0.29) is 5.92 Å². The van der Waals surface area contributed by atoms with Crippen LogP contribution in [0.4, 0.5) is 0 Å². The highest BCUT2D eigenvalue weighted by molar-refractivity contribution is 5.82. The zero-order chi connectivity index (χ0) is 15.4. The lowest BCUT2D eigenvalue weighted by atomic mass is 9.74. The summed E-state index contributed by atoms with van der Waals surface area (Å²) in [4.78, 5) is 16.5. The summed E-state index contributed by atoms with van der Waals surface area (Å²) in [6.07, 6.45) is 15.6. The third kappa shape index (κ3) is 3.21. The van der Waals surface area contributed by atoms with Crippen molar-refractivity contribution in [2.24, 2.45) is 11.8 Å². The van der Waals surface area contributed by atoms with Crippen molar-refractivity contribution in [2.45, 2.75) is 51.9 Å². The fraction of sp³-hybridized carbons (Fsp3) is 0.500. The number of Topliss-reactive ketones (excluding diaryl/α,β-unsaturated/α-hetero) is 1. The first-order valence-corrected chi connectivity index (χ1v) is 8.63. The van der Waals surface area contributed by atoms with Crippen LogP contribution in [0.5, 0.6) is 0 Å². The van der Waals surface area contributed by atoms with E-state index in [9.17, 15) is 4.79 Å². The van der Waals surface area contributed by atoms with Gasteiger partial charge >= 0.3 is 0 Å². The minimum Gasteiger partial charge on any atom is -0.299 e. The number of hydrogen-bond donors (Lipinski definition) is 0. The number of unbranched alkanes of at least 4 members (excludes halogenated alkanes) is 2. The Balaban J connectivity index is 1.60. The van der Waals surface area contributed by atoms with Gasteiger partial charge in [-0.1, -0.05) is 37.5 Å². The molecule has 0 aromatic carbocycles. The maximum atomic E-state index is 12.4. The first-order chi connectivity index (χ1) is 10.8. The van der Waals surface area contributed by atoms with Gasteiger partial charge in [-0.05, 0) is 49.0 Å². The molecule has 1 fully saturated rings. The number of pyridine rings is 1. The van der Waals surface area contributed by atoms with Crippen molar-refractivity contribution in [3.8, 4) is 0 Å². The van der Waals surface area contributed by atoms with Crippen LogP contribution in [0.25, 0.3) is 5.57 Å². The van der Waals surface area contributed by atoms with Crippen LogP contribution < -0.4 is 0 Å². The minimum atomic E-state index is 0.268. The Morgan fingerprint density at radius 1 is 1.18 bits per heavy atom. The van der Waals surface area contributed by atoms with E-state index in [0.29, 0.717) is 11.7 Å². The summed E-state index contributed by atoms with van der Waals surface area (Å²) < 4.78 is 0. The molecular formula is C20H25NO. The third-order valence-corrected chi connectivity index (χ3v) is 5.08. The van der Waals surface area contributed by atoms with Crippen LogP contribution in [-0.2, 0) is 4.79 Å². The zero-order valence-electron chi connectivity index (χ0n) is 13.4. The van der Waals surface area contributed by atoms with Crippen LogP contribution in [0.15, 0.2) is 42.3 Å². The predicted molar refractivity (Wildman–Crippen MR) is 90.3 cm³/mol. The lowest BCUT2D eigenvalue weighted by molar-refractivity contribution is -0.123. The van der Waals surface area contributed by atoms with Crippen molar-refractivity contribution >= 4 is 11.4 Å². The van der Waals surface area contributed by atoms with E-state index in [1.165, 1.54) is 29.6 Å². The summed E-state index contributed by atoms with van der Waals surface area (Å²) >= 11 is 0. The van der Waals surface area contributed by atoms with Gasteiger partial charge in [-0.2, -0.15) is 0 Å². The smallest absolute Gasteiger partial charge is 0.136 e. The number of nitrogens with zero attached hydrogens (tertiary/aromatic N) is 1. The van der Waals surface area contributed by atoms with Crippen LogP contribution in [0, 0.1) is 11.8 Å². The average Bonchev–Trinajstić information content (AvgIpc) is 2.99. The number of hydrogen-bond acceptors (Lipinski definition) is 2. The van der Waals surface area contributed by atoms with Gasteiger partial charge in [-0.15, -0.1) is 0 Å². The molecule has 1 aromatic rings. The number of carbonyl (C=O) groups is 1. The molecule has 0 N–H and O–H groups in total. The van der Waals surface area contributed by atoms with Gasteiger partial charge in [0.25, 0.3) is 0 Å². The molecule has 2 nitrogen and oxygen atoms in total. The number of allylic oxidation sites excluding steroid dienone is 4. The highest BCUT2D eigenvalue weighted by Crippen LogP contribution is 2.45. The average molecular weight is 295 g/mol. The van der Waals surface area contributed by atoms with Crippen LogP contribution in [0.3, 0.4) is 0 Å². The van der Waals surface area contributed by atoms with Crippen molar-refractivity contribution in [1.29, 1.82) is 0 Å². The summed E-state index contributed by atoms with van der Waals surface area (Å²) in [6.45, 7) is 2.19. The van der Waals surface area contributed by atoms with Crippen LogP contribution in [0.1, 0.15) is 57.4 Å². The number of ketones is 1. The van der Waals surface area contributed by atoms with Gasteiger partial charge in [-0.25, -0.2) is 0 Å². The van der Waals surface area contributed by atoms with Gasteiger partial charge in [0.1, 0.15) is 5.78 Å². The molecule has 0 bridgehead atoms. The number of aromatic nitrogens is 1. The topological polar surface area (TPSA) is 30.0 Å². The lowest BCUT2D eigenvalue weighted by Crippen LogP contribution is -2.23. The van der Waals surface area contributed by atoms with Gasteiger partial charge < -0.3 is 0 Å². The molecule has 116 valence electrons. The number of carbonyl (C=O) groups excluding carboxylic acids is 1. The fourth-order valence-electron chi connectivity index (χ4n) is 3.80. The van der Waals surface area contributed by atoms with Gasteiger partial charge in [0.2, 0.25) is 0 Å². The molecule has 2 heteroatoms. The molecule has 3 rings (SSSR count). The van der Waals surface area contributed by atoms with Crippen molar-refractivity contribution in [3.63, 3.8) is 0 Å². The standard InChI is InChI=1S/C20H25NO/c1-2-3-4-5-20(22)17-7-9-19-16(14-17)6-8-18(19)15-10-12-21-13-11-15/h6,8,10-13,17,19H,2-5,7,9,14H2,1H3. The molecule has 0 saturated heterocycles. The second-order valence-electron chi connectivity index (χ2n) is 6.55. The molecule has 0 radical (unpaired) electrons. The van der Waals surface area contributed by atoms with Gasteiger partial charge in [0.05, 0.1) is 0 Å². The second-order valence-corrected chi connectivity index (χ2v) is 6.55. The maximum Gasteiger partial charge on any atom is 0.136 e. The van der Waals surface area contributed by atoms with Gasteiger partial charge in [0, 0.05) is 30.7 Å². The molecule has 0 aliphatic heterocycles. The minimum absolute atomic E-state index is 0.268. The van der Waals surface area contributed by atoms with E-state index >= 15 is 0 Å². The Bertz CT molecular complexity index is 585. The summed E-state index contributed by atoms with van der Waals surface area (Å²) in [7, 11) is 0. The van der Waals surface area contributed by atoms with Crippen molar-refractivity contribution < 1.29 is 4.79 Å². The third-order valence-electron chi connectivity index (χ3n) is 5.08. The van der Waals surface area contributed by atoms with Crippen LogP contribution >= 0.6 is 0 Å². The molecule has 1 aromatic heterocycles. The van der Waals surface area contributed by atoms with E-state index in [2.05, 4.69) is 36.2 Å². The molecule has 1 heterocycles. The normalized spacial score (nSPS) is 23.7. The summed E-state index contributed by atoms with van der Waals surface area (Å²) in [5.41, 5.74) is 4.15. The van der Waals surface area contributed by atoms with Crippen LogP contribution in [-0.4, -0.2) is 10.8 Å². The molecule has 0 spiro atoms.